The van der Waals surface area contributed by atoms with Crippen LogP contribution in [0.4, 0.5) is 4.39 Å². The molecule has 1 aliphatic heterocycles. The van der Waals surface area contributed by atoms with Crippen molar-refractivity contribution in [1.82, 2.24) is 9.80 Å². The van der Waals surface area contributed by atoms with Crippen LogP contribution in [-0.4, -0.2) is 48.9 Å². The first-order valence-electron chi connectivity index (χ1n) is 8.36. The van der Waals surface area contributed by atoms with E-state index in [0.717, 1.165) is 63.8 Å². The van der Waals surface area contributed by atoms with Gasteiger partial charge in [0.2, 0.25) is 5.91 Å². The van der Waals surface area contributed by atoms with E-state index in [9.17, 15) is 9.18 Å². The average Bonchev–Trinajstić information content (AvgIpc) is 2.92. The second-order valence-corrected chi connectivity index (χ2v) is 6.75. The Morgan fingerprint density at radius 3 is 2.36 bits per heavy atom. The molecule has 120 valence electrons. The highest BCUT2D eigenvalue weighted by Gasteiger charge is 2.44. The Balaban J connectivity index is 1.86. The molecule has 4 heteroatoms. The van der Waals surface area contributed by atoms with Gasteiger partial charge in [0.25, 0.3) is 0 Å². The number of benzene rings is 1. The molecule has 1 heterocycles. The van der Waals surface area contributed by atoms with Gasteiger partial charge in [-0.05, 0) is 50.6 Å². The maximum Gasteiger partial charge on any atom is 0.233 e. The SMILES string of the molecule is CN1CCCN(C(=O)C2(c3ccc(F)cc3)CCCC2)CC1. The molecular weight excluding hydrogens is 279 g/mol. The van der Waals surface area contributed by atoms with Gasteiger partial charge in [0.15, 0.2) is 0 Å². The van der Waals surface area contributed by atoms with E-state index in [1.807, 2.05) is 17.0 Å². The zero-order valence-electron chi connectivity index (χ0n) is 13.4. The molecule has 0 N–H and O–H groups in total. The standard InChI is InChI=1S/C18H25FN2O/c1-20-11-4-12-21(14-13-20)17(22)18(9-2-3-10-18)15-5-7-16(19)8-6-15/h5-8H,2-4,9-14H2,1H3. The summed E-state index contributed by atoms with van der Waals surface area (Å²) < 4.78 is 13.3. The summed E-state index contributed by atoms with van der Waals surface area (Å²) in [7, 11) is 2.11. The van der Waals surface area contributed by atoms with Gasteiger partial charge in [0, 0.05) is 19.6 Å². The summed E-state index contributed by atoms with van der Waals surface area (Å²) in [6.45, 7) is 3.63. The lowest BCUT2D eigenvalue weighted by molar-refractivity contribution is -0.137. The van der Waals surface area contributed by atoms with Crippen molar-refractivity contribution in [3.63, 3.8) is 0 Å². The van der Waals surface area contributed by atoms with Gasteiger partial charge in [0.05, 0.1) is 5.41 Å². The van der Waals surface area contributed by atoms with Crippen LogP contribution >= 0.6 is 0 Å². The largest absolute Gasteiger partial charge is 0.341 e. The van der Waals surface area contributed by atoms with E-state index in [2.05, 4.69) is 11.9 Å². The molecule has 3 rings (SSSR count). The minimum Gasteiger partial charge on any atom is -0.341 e. The predicted molar refractivity (Wildman–Crippen MR) is 85.2 cm³/mol. The van der Waals surface area contributed by atoms with Gasteiger partial charge in [-0.2, -0.15) is 0 Å². The normalized spacial score (nSPS) is 22.5. The van der Waals surface area contributed by atoms with Crippen molar-refractivity contribution >= 4 is 5.91 Å². The Kier molecular flexibility index (Phi) is 4.48. The van der Waals surface area contributed by atoms with Crippen LogP contribution in [0, 0.1) is 5.82 Å². The van der Waals surface area contributed by atoms with Crippen LogP contribution in [0.1, 0.15) is 37.7 Å². The van der Waals surface area contributed by atoms with Gasteiger partial charge >= 0.3 is 0 Å². The number of likely N-dealkylation sites (N-methyl/N-ethyl adjacent to an activating group) is 1. The van der Waals surface area contributed by atoms with Crippen molar-refractivity contribution < 1.29 is 9.18 Å². The number of hydrogen-bond acceptors (Lipinski definition) is 2. The van der Waals surface area contributed by atoms with Crippen molar-refractivity contribution in [3.8, 4) is 0 Å². The van der Waals surface area contributed by atoms with E-state index in [1.54, 1.807) is 0 Å². The summed E-state index contributed by atoms with van der Waals surface area (Å²) in [6.07, 6.45) is 4.98. The lowest BCUT2D eigenvalue weighted by atomic mass is 9.77. The first-order chi connectivity index (χ1) is 10.6. The highest BCUT2D eigenvalue weighted by molar-refractivity contribution is 5.88. The second kappa shape index (κ2) is 6.37. The smallest absolute Gasteiger partial charge is 0.233 e. The Morgan fingerprint density at radius 1 is 1.00 bits per heavy atom. The van der Waals surface area contributed by atoms with Crippen molar-refractivity contribution in [2.75, 3.05) is 33.2 Å². The highest BCUT2D eigenvalue weighted by Crippen LogP contribution is 2.42. The van der Waals surface area contributed by atoms with Crippen molar-refractivity contribution in [1.29, 1.82) is 0 Å². The molecule has 1 saturated heterocycles. The molecule has 1 aromatic carbocycles. The fourth-order valence-corrected chi connectivity index (χ4v) is 3.93. The maximum atomic E-state index is 13.3. The fraction of sp³-hybridized carbons (Fsp3) is 0.611. The second-order valence-electron chi connectivity index (χ2n) is 6.75. The molecule has 0 bridgehead atoms. The van der Waals surface area contributed by atoms with Gasteiger partial charge in [-0.3, -0.25) is 4.79 Å². The van der Waals surface area contributed by atoms with E-state index < -0.39 is 5.41 Å². The third-order valence-electron chi connectivity index (χ3n) is 5.27. The number of hydrogen-bond donors (Lipinski definition) is 0. The summed E-state index contributed by atoms with van der Waals surface area (Å²) in [5.74, 6) is 0.0210. The lowest BCUT2D eigenvalue weighted by Crippen LogP contribution is -2.46. The molecule has 0 radical (unpaired) electrons. The Morgan fingerprint density at radius 2 is 1.68 bits per heavy atom. The topological polar surface area (TPSA) is 23.6 Å². The molecule has 0 spiro atoms. The Hall–Kier alpha value is -1.42. The molecule has 3 nitrogen and oxygen atoms in total. The molecule has 1 amide bonds. The Labute approximate surface area is 132 Å². The van der Waals surface area contributed by atoms with Crippen LogP contribution in [0.25, 0.3) is 0 Å². The maximum absolute atomic E-state index is 13.3. The quantitative estimate of drug-likeness (QED) is 0.839. The van der Waals surface area contributed by atoms with Crippen LogP contribution in [0.5, 0.6) is 0 Å². The zero-order chi connectivity index (χ0) is 15.6. The monoisotopic (exact) mass is 304 g/mol. The minimum absolute atomic E-state index is 0.235. The first kappa shape index (κ1) is 15.5. The van der Waals surface area contributed by atoms with Crippen LogP contribution in [-0.2, 0) is 10.2 Å². The van der Waals surface area contributed by atoms with Gasteiger partial charge in [0.1, 0.15) is 5.82 Å². The van der Waals surface area contributed by atoms with Gasteiger partial charge < -0.3 is 9.80 Å². The molecule has 22 heavy (non-hydrogen) atoms. The molecule has 2 aliphatic rings. The average molecular weight is 304 g/mol. The fourth-order valence-electron chi connectivity index (χ4n) is 3.93. The number of carbonyl (C=O) groups excluding carboxylic acids is 1. The highest BCUT2D eigenvalue weighted by atomic mass is 19.1. The minimum atomic E-state index is -0.420. The van der Waals surface area contributed by atoms with E-state index in [-0.39, 0.29) is 11.7 Å². The lowest BCUT2D eigenvalue weighted by Gasteiger charge is -2.34. The van der Waals surface area contributed by atoms with Crippen LogP contribution in [0.3, 0.4) is 0 Å². The predicted octanol–water partition coefficient (Wildman–Crippen LogP) is 2.80. The van der Waals surface area contributed by atoms with E-state index in [0.29, 0.717) is 0 Å². The summed E-state index contributed by atoms with van der Waals surface area (Å²) in [6, 6.07) is 6.59. The molecule has 0 aromatic heterocycles. The summed E-state index contributed by atoms with van der Waals surface area (Å²) in [4.78, 5) is 17.6. The molecular formula is C18H25FN2O. The molecule has 1 aromatic rings. The molecule has 0 unspecified atom stereocenters. The third kappa shape index (κ3) is 2.89. The van der Waals surface area contributed by atoms with E-state index >= 15 is 0 Å². The third-order valence-corrected chi connectivity index (χ3v) is 5.27. The van der Waals surface area contributed by atoms with Crippen LogP contribution < -0.4 is 0 Å². The molecule has 1 saturated carbocycles. The van der Waals surface area contributed by atoms with E-state index in [4.69, 9.17) is 0 Å². The summed E-state index contributed by atoms with van der Waals surface area (Å²) in [5.41, 5.74) is 0.574. The molecule has 1 aliphatic carbocycles. The van der Waals surface area contributed by atoms with E-state index in [1.165, 1.54) is 12.1 Å². The van der Waals surface area contributed by atoms with Gasteiger partial charge in [-0.1, -0.05) is 25.0 Å². The zero-order valence-corrected chi connectivity index (χ0v) is 13.4. The van der Waals surface area contributed by atoms with Crippen molar-refractivity contribution in [2.24, 2.45) is 0 Å². The summed E-state index contributed by atoms with van der Waals surface area (Å²) >= 11 is 0. The number of nitrogens with zero attached hydrogens (tertiary/aromatic N) is 2. The molecule has 0 atom stereocenters. The van der Waals surface area contributed by atoms with Gasteiger partial charge in [-0.25, -0.2) is 4.39 Å². The van der Waals surface area contributed by atoms with Gasteiger partial charge in [-0.15, -0.1) is 0 Å². The van der Waals surface area contributed by atoms with Crippen LogP contribution in [0.2, 0.25) is 0 Å². The number of carbonyl (C=O) groups is 1. The first-order valence-corrected chi connectivity index (χ1v) is 8.36. The summed E-state index contributed by atoms with van der Waals surface area (Å²) in [5, 5.41) is 0. The van der Waals surface area contributed by atoms with Crippen LogP contribution in [0.15, 0.2) is 24.3 Å². The number of rotatable bonds is 2. The van der Waals surface area contributed by atoms with Crippen molar-refractivity contribution in [2.45, 2.75) is 37.5 Å². The molecule has 2 fully saturated rings. The number of halogens is 1. The number of amides is 1. The Bertz CT molecular complexity index is 522. The van der Waals surface area contributed by atoms with Crippen molar-refractivity contribution in [3.05, 3.63) is 35.6 Å².